The van der Waals surface area contributed by atoms with Gasteiger partial charge in [-0.3, -0.25) is 9.69 Å². The summed E-state index contributed by atoms with van der Waals surface area (Å²) < 4.78 is 0. The number of benzene rings is 1. The van der Waals surface area contributed by atoms with Crippen LogP contribution in [0.1, 0.15) is 24.2 Å². The molecular formula is C13H17Cl2NO. The molecule has 0 aromatic heterocycles. The predicted molar refractivity (Wildman–Crippen MR) is 73.0 cm³/mol. The summed E-state index contributed by atoms with van der Waals surface area (Å²) in [6.45, 7) is 4.64. The highest BCUT2D eigenvalue weighted by Crippen LogP contribution is 2.10. The highest BCUT2D eigenvalue weighted by molar-refractivity contribution is 6.21. The number of carbonyl (C=O) groups excluding carboxylic acids is 1. The minimum atomic E-state index is -0.205. The third-order valence-corrected chi connectivity index (χ3v) is 2.85. The molecule has 2 atom stereocenters. The van der Waals surface area contributed by atoms with E-state index in [0.29, 0.717) is 18.7 Å². The van der Waals surface area contributed by atoms with Crippen LogP contribution in [0.2, 0.25) is 0 Å². The number of hydrogen-bond donors (Lipinski definition) is 0. The average molecular weight is 274 g/mol. The van der Waals surface area contributed by atoms with Crippen molar-refractivity contribution in [2.45, 2.75) is 24.7 Å². The first kappa shape index (κ1) is 14.5. The van der Waals surface area contributed by atoms with Crippen LogP contribution >= 0.6 is 23.2 Å². The third kappa shape index (κ3) is 5.07. The number of alkyl halides is 2. The van der Waals surface area contributed by atoms with Crippen molar-refractivity contribution < 1.29 is 4.79 Å². The van der Waals surface area contributed by atoms with Gasteiger partial charge in [-0.1, -0.05) is 30.3 Å². The molecule has 0 saturated heterocycles. The van der Waals surface area contributed by atoms with Gasteiger partial charge < -0.3 is 0 Å². The molecule has 0 aliphatic heterocycles. The van der Waals surface area contributed by atoms with Crippen LogP contribution in [-0.2, 0) is 0 Å². The number of hydrogen-bond acceptors (Lipinski definition) is 2. The Morgan fingerprint density at radius 2 is 1.82 bits per heavy atom. The maximum absolute atomic E-state index is 12.0. The Hall–Kier alpha value is -0.570. The molecule has 0 bridgehead atoms. The number of carbonyl (C=O) groups is 1. The molecule has 0 aliphatic rings. The van der Waals surface area contributed by atoms with Crippen LogP contribution in [-0.4, -0.2) is 34.7 Å². The van der Waals surface area contributed by atoms with Gasteiger partial charge in [0, 0.05) is 17.5 Å². The van der Waals surface area contributed by atoms with E-state index in [4.69, 9.17) is 23.2 Å². The minimum absolute atomic E-state index is 0.0280. The lowest BCUT2D eigenvalue weighted by atomic mass is 10.1. The lowest BCUT2D eigenvalue weighted by Crippen LogP contribution is -2.38. The molecule has 0 aliphatic carbocycles. The normalized spacial score (nSPS) is 14.6. The first-order chi connectivity index (χ1) is 8.00. The standard InChI is InChI=1S/C13H17Cl2NO/c1-10(14)8-16(11(2)15)9-13(17)12-6-4-3-5-7-12/h3-7,10-11H,8-9H2,1-2H3. The number of rotatable bonds is 6. The Kier molecular flexibility index (Phi) is 5.96. The second-order valence-electron chi connectivity index (χ2n) is 4.07. The van der Waals surface area contributed by atoms with Gasteiger partial charge in [-0.25, -0.2) is 0 Å². The fourth-order valence-corrected chi connectivity index (χ4v) is 1.88. The summed E-state index contributed by atoms with van der Waals surface area (Å²) in [5, 5.41) is -0.0280. The lowest BCUT2D eigenvalue weighted by molar-refractivity contribution is 0.0925. The van der Waals surface area contributed by atoms with Gasteiger partial charge in [0.05, 0.1) is 12.0 Å². The Balaban J connectivity index is 2.65. The van der Waals surface area contributed by atoms with Crippen molar-refractivity contribution in [1.29, 1.82) is 0 Å². The number of nitrogens with zero attached hydrogens (tertiary/aromatic N) is 1. The number of ketones is 1. The molecule has 0 spiro atoms. The monoisotopic (exact) mass is 273 g/mol. The Morgan fingerprint density at radius 1 is 1.24 bits per heavy atom. The van der Waals surface area contributed by atoms with E-state index >= 15 is 0 Å². The third-order valence-electron chi connectivity index (χ3n) is 2.43. The maximum Gasteiger partial charge on any atom is 0.176 e. The van der Waals surface area contributed by atoms with Gasteiger partial charge in [-0.2, -0.15) is 0 Å². The second-order valence-corrected chi connectivity index (χ2v) is 5.45. The summed E-state index contributed by atoms with van der Waals surface area (Å²) in [5.41, 5.74) is 0.501. The van der Waals surface area contributed by atoms with Crippen molar-refractivity contribution in [3.05, 3.63) is 35.9 Å². The zero-order valence-corrected chi connectivity index (χ0v) is 11.6. The fourth-order valence-electron chi connectivity index (χ4n) is 1.56. The maximum atomic E-state index is 12.0. The highest BCUT2D eigenvalue weighted by atomic mass is 35.5. The van der Waals surface area contributed by atoms with Crippen LogP contribution in [0.3, 0.4) is 0 Å². The van der Waals surface area contributed by atoms with Crippen molar-refractivity contribution >= 4 is 29.0 Å². The van der Waals surface area contributed by atoms with Crippen LogP contribution in [0.15, 0.2) is 30.3 Å². The van der Waals surface area contributed by atoms with Gasteiger partial charge in [-0.05, 0) is 13.8 Å². The molecular weight excluding hydrogens is 257 g/mol. The van der Waals surface area contributed by atoms with Crippen molar-refractivity contribution in [1.82, 2.24) is 4.90 Å². The molecule has 0 radical (unpaired) electrons. The van der Waals surface area contributed by atoms with Crippen LogP contribution in [0.5, 0.6) is 0 Å². The fraction of sp³-hybridized carbons (Fsp3) is 0.462. The van der Waals surface area contributed by atoms with Crippen molar-refractivity contribution in [3.8, 4) is 0 Å². The Morgan fingerprint density at radius 3 is 2.29 bits per heavy atom. The van der Waals surface area contributed by atoms with Crippen molar-refractivity contribution in [2.24, 2.45) is 0 Å². The summed E-state index contributed by atoms with van der Waals surface area (Å²) >= 11 is 12.0. The smallest absolute Gasteiger partial charge is 0.176 e. The Bertz CT molecular complexity index is 352. The SMILES string of the molecule is CC(Cl)CN(CC(=O)c1ccccc1)C(C)Cl. The van der Waals surface area contributed by atoms with E-state index in [9.17, 15) is 4.79 Å². The summed E-state index contributed by atoms with van der Waals surface area (Å²) in [5.74, 6) is 0.0652. The molecule has 0 heterocycles. The van der Waals surface area contributed by atoms with Gasteiger partial charge in [0.15, 0.2) is 5.78 Å². The van der Waals surface area contributed by atoms with Crippen LogP contribution in [0.25, 0.3) is 0 Å². The van der Waals surface area contributed by atoms with Gasteiger partial charge in [0.25, 0.3) is 0 Å². The quantitative estimate of drug-likeness (QED) is 0.450. The van der Waals surface area contributed by atoms with Crippen molar-refractivity contribution in [3.63, 3.8) is 0 Å². The first-order valence-corrected chi connectivity index (χ1v) is 6.48. The van der Waals surface area contributed by atoms with Crippen molar-refractivity contribution in [2.75, 3.05) is 13.1 Å². The van der Waals surface area contributed by atoms with Gasteiger partial charge in [0.1, 0.15) is 0 Å². The molecule has 0 fully saturated rings. The predicted octanol–water partition coefficient (Wildman–Crippen LogP) is 3.38. The second kappa shape index (κ2) is 7.00. The summed E-state index contributed by atoms with van der Waals surface area (Å²) in [4.78, 5) is 13.9. The first-order valence-electron chi connectivity index (χ1n) is 5.61. The zero-order valence-electron chi connectivity index (χ0n) is 10.1. The number of Topliss-reactive ketones (excluding diaryl/α,β-unsaturated/α-hetero) is 1. The lowest BCUT2D eigenvalue weighted by Gasteiger charge is -2.25. The van der Waals surface area contributed by atoms with E-state index in [1.165, 1.54) is 0 Å². The van der Waals surface area contributed by atoms with E-state index in [2.05, 4.69) is 0 Å². The molecule has 4 heteroatoms. The summed E-state index contributed by atoms with van der Waals surface area (Å²) in [7, 11) is 0. The van der Waals surface area contributed by atoms with E-state index in [-0.39, 0.29) is 16.7 Å². The molecule has 94 valence electrons. The summed E-state index contributed by atoms with van der Waals surface area (Å²) in [6.07, 6.45) is 0. The largest absolute Gasteiger partial charge is 0.293 e. The molecule has 0 saturated carbocycles. The van der Waals surface area contributed by atoms with Gasteiger partial charge >= 0.3 is 0 Å². The number of halogens is 2. The topological polar surface area (TPSA) is 20.3 Å². The van der Waals surface area contributed by atoms with E-state index < -0.39 is 0 Å². The molecule has 1 rings (SSSR count). The van der Waals surface area contributed by atoms with E-state index in [1.807, 2.05) is 49.1 Å². The molecule has 0 N–H and O–H groups in total. The molecule has 2 unspecified atom stereocenters. The molecule has 1 aromatic rings. The minimum Gasteiger partial charge on any atom is -0.293 e. The van der Waals surface area contributed by atoms with Crippen LogP contribution in [0.4, 0.5) is 0 Å². The summed E-state index contributed by atoms with van der Waals surface area (Å²) in [6, 6.07) is 9.21. The van der Waals surface area contributed by atoms with Gasteiger partial charge in [-0.15, -0.1) is 23.2 Å². The zero-order chi connectivity index (χ0) is 12.8. The molecule has 17 heavy (non-hydrogen) atoms. The van der Waals surface area contributed by atoms with E-state index in [1.54, 1.807) is 0 Å². The molecule has 0 amide bonds. The Labute approximate surface area is 113 Å². The van der Waals surface area contributed by atoms with Crippen LogP contribution in [0, 0.1) is 0 Å². The molecule has 2 nitrogen and oxygen atoms in total. The van der Waals surface area contributed by atoms with Gasteiger partial charge in [0.2, 0.25) is 0 Å². The van der Waals surface area contributed by atoms with Crippen LogP contribution < -0.4 is 0 Å². The highest BCUT2D eigenvalue weighted by Gasteiger charge is 2.17. The molecule has 1 aromatic carbocycles. The van der Waals surface area contributed by atoms with E-state index in [0.717, 1.165) is 0 Å². The average Bonchev–Trinajstić information content (AvgIpc) is 2.28.